The monoisotopic (exact) mass is 687 g/mol. The molecule has 2 N–H and O–H groups in total. The lowest BCUT2D eigenvalue weighted by molar-refractivity contribution is -0.190. The number of nitrogens with one attached hydrogen (secondary N) is 2. The zero-order chi connectivity index (χ0) is 34.4. The summed E-state index contributed by atoms with van der Waals surface area (Å²) in [5.74, 6) is -0.445. The number of rotatable bonds is 15. The van der Waals surface area contributed by atoms with Crippen molar-refractivity contribution in [3.63, 3.8) is 0 Å². The molecule has 1 unspecified atom stereocenters. The molecule has 0 amide bonds. The van der Waals surface area contributed by atoms with Gasteiger partial charge >= 0.3 is 5.69 Å². The van der Waals surface area contributed by atoms with Gasteiger partial charge in [-0.05, 0) is 80.1 Å². The third-order valence-electron chi connectivity index (χ3n) is 8.43. The predicted octanol–water partition coefficient (Wildman–Crippen LogP) is 4.48. The van der Waals surface area contributed by atoms with Crippen molar-refractivity contribution < 1.29 is 22.6 Å². The number of sulfone groups is 1. The predicted molar refractivity (Wildman–Crippen MR) is 186 cm³/mol. The van der Waals surface area contributed by atoms with Crippen LogP contribution in [0.5, 0.6) is 5.75 Å². The fraction of sp³-hybridized carbons (Fsp3) is 0.343. The Hall–Kier alpha value is -4.92. The quantitative estimate of drug-likeness (QED) is 0.151. The number of nitrogens with zero attached hydrogens (tertiary/aromatic N) is 5. The molecule has 14 heteroatoms. The second-order valence-electron chi connectivity index (χ2n) is 12.0. The number of benzene rings is 3. The second kappa shape index (κ2) is 14.7. The highest BCUT2D eigenvalue weighted by atomic mass is 32.2. The second-order valence-corrected chi connectivity index (χ2v) is 14.0. The molecule has 258 valence electrons. The molecule has 0 saturated carbocycles. The molecule has 6 rings (SSSR count). The molecule has 3 heterocycles. The molecule has 1 fully saturated rings. The molecule has 0 bridgehead atoms. The van der Waals surface area contributed by atoms with Crippen molar-refractivity contribution in [3.05, 3.63) is 114 Å². The smallest absolute Gasteiger partial charge is 0.350 e. The van der Waals surface area contributed by atoms with E-state index in [4.69, 9.17) is 14.2 Å². The van der Waals surface area contributed by atoms with Crippen molar-refractivity contribution in [1.82, 2.24) is 24.1 Å². The Balaban J connectivity index is 0.973. The normalized spacial score (nSPS) is 18.3. The maximum Gasteiger partial charge on any atom is 0.350 e. The Kier molecular flexibility index (Phi) is 10.2. The van der Waals surface area contributed by atoms with Crippen LogP contribution in [0.1, 0.15) is 31.9 Å². The molecule has 0 aliphatic carbocycles. The molecule has 3 aromatic carbocycles. The summed E-state index contributed by atoms with van der Waals surface area (Å²) in [6.07, 6.45) is 6.73. The Morgan fingerprint density at radius 3 is 2.27 bits per heavy atom. The number of ether oxygens (including phenoxy) is 3. The van der Waals surface area contributed by atoms with Crippen molar-refractivity contribution in [2.45, 2.75) is 49.6 Å². The summed E-state index contributed by atoms with van der Waals surface area (Å²) in [4.78, 5) is 12.9. The molecule has 2 aromatic heterocycles. The molecular formula is C35H41N7O6S. The van der Waals surface area contributed by atoms with Gasteiger partial charge in [-0.15, -0.1) is 0 Å². The van der Waals surface area contributed by atoms with E-state index in [1.165, 1.54) is 10.9 Å². The van der Waals surface area contributed by atoms with Gasteiger partial charge in [0, 0.05) is 48.7 Å². The van der Waals surface area contributed by atoms with E-state index in [-0.39, 0.29) is 29.3 Å². The van der Waals surface area contributed by atoms with E-state index in [9.17, 15) is 13.2 Å². The summed E-state index contributed by atoms with van der Waals surface area (Å²) < 4.78 is 47.5. The van der Waals surface area contributed by atoms with Gasteiger partial charge in [0.05, 0.1) is 29.8 Å². The van der Waals surface area contributed by atoms with Crippen LogP contribution in [0.3, 0.4) is 0 Å². The van der Waals surface area contributed by atoms with Crippen molar-refractivity contribution in [2.75, 3.05) is 43.2 Å². The average Bonchev–Trinajstić information content (AvgIpc) is 3.87. The van der Waals surface area contributed by atoms with Gasteiger partial charge in [-0.25, -0.2) is 22.5 Å². The SMILES string of the molecule is CCC(C)n1ncn(-c2ccc(NCCNc3ccc(OC[C@@H]4CO[C@@](Cn5cccn5)(c5ccc(S(C)(=O)=O)cc5)O4)cc3)cc2)c1=O. The van der Waals surface area contributed by atoms with Gasteiger partial charge in [-0.1, -0.05) is 19.1 Å². The summed E-state index contributed by atoms with van der Waals surface area (Å²) >= 11 is 0. The van der Waals surface area contributed by atoms with Crippen LogP contribution in [0.2, 0.25) is 0 Å². The van der Waals surface area contributed by atoms with Crippen molar-refractivity contribution in [2.24, 2.45) is 0 Å². The Morgan fingerprint density at radius 1 is 0.980 bits per heavy atom. The molecule has 49 heavy (non-hydrogen) atoms. The van der Waals surface area contributed by atoms with E-state index in [1.807, 2.05) is 74.6 Å². The van der Waals surface area contributed by atoms with Crippen LogP contribution in [0.15, 0.2) is 107 Å². The minimum absolute atomic E-state index is 0.0519. The number of anilines is 2. The van der Waals surface area contributed by atoms with Gasteiger partial charge in [0.1, 0.15) is 24.8 Å². The van der Waals surface area contributed by atoms with Gasteiger partial charge in [0.2, 0.25) is 5.79 Å². The third kappa shape index (κ3) is 8.04. The van der Waals surface area contributed by atoms with Crippen LogP contribution >= 0.6 is 0 Å². The summed E-state index contributed by atoms with van der Waals surface area (Å²) in [7, 11) is -3.33. The van der Waals surface area contributed by atoms with Crippen molar-refractivity contribution >= 4 is 21.2 Å². The highest BCUT2D eigenvalue weighted by Gasteiger charge is 2.44. The lowest BCUT2D eigenvalue weighted by Gasteiger charge is -2.28. The topological polar surface area (TPSA) is 144 Å². The highest BCUT2D eigenvalue weighted by Crippen LogP contribution is 2.36. The van der Waals surface area contributed by atoms with E-state index < -0.39 is 15.6 Å². The first-order valence-electron chi connectivity index (χ1n) is 16.2. The average molecular weight is 688 g/mol. The number of aromatic nitrogens is 5. The molecule has 0 spiro atoms. The maximum atomic E-state index is 12.7. The summed E-state index contributed by atoms with van der Waals surface area (Å²) in [6.45, 7) is 6.26. The van der Waals surface area contributed by atoms with Crippen molar-refractivity contribution in [1.29, 1.82) is 0 Å². The first-order chi connectivity index (χ1) is 23.6. The lowest BCUT2D eigenvalue weighted by Crippen LogP contribution is -2.34. The molecular weight excluding hydrogens is 646 g/mol. The van der Waals surface area contributed by atoms with Gasteiger partial charge in [-0.3, -0.25) is 4.68 Å². The molecule has 1 aliphatic rings. The molecule has 1 aliphatic heterocycles. The van der Waals surface area contributed by atoms with Crippen LogP contribution in [0, 0.1) is 0 Å². The first kappa shape index (κ1) is 34.0. The van der Waals surface area contributed by atoms with E-state index in [2.05, 4.69) is 20.8 Å². The fourth-order valence-electron chi connectivity index (χ4n) is 5.52. The third-order valence-corrected chi connectivity index (χ3v) is 9.56. The molecule has 5 aromatic rings. The van der Waals surface area contributed by atoms with E-state index in [0.29, 0.717) is 37.6 Å². The van der Waals surface area contributed by atoms with Gasteiger partial charge in [0.25, 0.3) is 0 Å². The summed E-state index contributed by atoms with van der Waals surface area (Å²) in [6, 6.07) is 23.8. The van der Waals surface area contributed by atoms with E-state index in [1.54, 1.807) is 46.0 Å². The zero-order valence-electron chi connectivity index (χ0n) is 27.7. The Labute approximate surface area is 285 Å². The van der Waals surface area contributed by atoms with Gasteiger partial charge in [-0.2, -0.15) is 10.2 Å². The van der Waals surface area contributed by atoms with E-state index in [0.717, 1.165) is 23.5 Å². The Bertz CT molecular complexity index is 1980. The number of hydrogen-bond acceptors (Lipinski definition) is 10. The minimum Gasteiger partial charge on any atom is -0.491 e. The lowest BCUT2D eigenvalue weighted by atomic mass is 10.1. The standard InChI is InChI=1S/C35H41N7O6S/c1-4-26(2)42-34(43)41(25-39-42)30-12-8-28(9-13-30)36-19-20-37-29-10-14-31(15-11-29)46-22-32-23-47-35(48-32,24-40-21-5-18-38-40)27-6-16-33(17-7-27)49(3,44)45/h5-18,21,25-26,32,36-37H,4,19-20,22-24H2,1-3H3/t26?,32-,35-/m1/s1. The molecule has 0 radical (unpaired) electrons. The van der Waals surface area contributed by atoms with Gasteiger partial charge in [0.15, 0.2) is 9.84 Å². The molecule has 1 saturated heterocycles. The van der Waals surface area contributed by atoms with Crippen LogP contribution in [-0.2, 0) is 31.6 Å². The van der Waals surface area contributed by atoms with Crippen LogP contribution in [-0.4, -0.2) is 71.2 Å². The summed E-state index contributed by atoms with van der Waals surface area (Å²) in [5, 5.41) is 15.3. The molecule has 13 nitrogen and oxygen atoms in total. The van der Waals surface area contributed by atoms with Crippen LogP contribution < -0.4 is 21.1 Å². The Morgan fingerprint density at radius 2 is 1.65 bits per heavy atom. The van der Waals surface area contributed by atoms with Crippen LogP contribution in [0.25, 0.3) is 5.69 Å². The van der Waals surface area contributed by atoms with Crippen molar-refractivity contribution in [3.8, 4) is 11.4 Å². The van der Waals surface area contributed by atoms with Gasteiger partial charge < -0.3 is 24.8 Å². The largest absolute Gasteiger partial charge is 0.491 e. The zero-order valence-corrected chi connectivity index (χ0v) is 28.5. The highest BCUT2D eigenvalue weighted by molar-refractivity contribution is 7.90. The molecule has 3 atom stereocenters. The minimum atomic E-state index is -3.33. The maximum absolute atomic E-state index is 12.7. The van der Waals surface area contributed by atoms with Crippen LogP contribution in [0.4, 0.5) is 11.4 Å². The van der Waals surface area contributed by atoms with E-state index >= 15 is 0 Å². The number of hydrogen-bond donors (Lipinski definition) is 2. The summed E-state index contributed by atoms with van der Waals surface area (Å²) in [5.41, 5.74) is 3.23. The first-order valence-corrected chi connectivity index (χ1v) is 18.1. The fourth-order valence-corrected chi connectivity index (χ4v) is 6.15.